The van der Waals surface area contributed by atoms with Gasteiger partial charge < -0.3 is 65.6 Å². The topological polar surface area (TPSA) is 443 Å². The summed E-state index contributed by atoms with van der Waals surface area (Å²) < 4.78 is 70.9. The minimum atomic E-state index is -5.29. The van der Waals surface area contributed by atoms with Gasteiger partial charge in [-0.3, -0.25) is 22.7 Å². The summed E-state index contributed by atoms with van der Waals surface area (Å²) in [6.07, 6.45) is -9.24. The lowest BCUT2D eigenvalue weighted by Gasteiger charge is -2.26. The number of aliphatic hydroxyl groups excluding tert-OH is 1. The summed E-state index contributed by atoms with van der Waals surface area (Å²) in [6, 6.07) is 6.30. The van der Waals surface area contributed by atoms with Gasteiger partial charge in [0, 0.05) is 29.8 Å². The van der Waals surface area contributed by atoms with Crippen LogP contribution in [0.5, 0.6) is 0 Å². The van der Waals surface area contributed by atoms with Crippen LogP contribution < -0.4 is 27.8 Å². The molecular weight excluding hydrogens is 988 g/mol. The number of carbonyl (C=O) groups is 3. The SMILES string of the molecule is CC(C)(C)OC(=O)NC(CCCCNC(=O)OCc1ccccc1N=[N+]=[N-])C(=O)O[C@H]1[C@@H](O)[C@H](n2cnc3c(N)ncnc32)O[C@@H]1COP(=O)(O)O[C@H]1C[C@H](n2ccc(N)nc2=O)O[C@H]1COP(=O)(O)O. The highest BCUT2D eigenvalue weighted by Gasteiger charge is 2.50. The molecule has 31 nitrogen and oxygen atoms in total. The van der Waals surface area contributed by atoms with Gasteiger partial charge in [-0.25, -0.2) is 43.3 Å². The van der Waals surface area contributed by atoms with E-state index in [1.165, 1.54) is 23.2 Å². The molecule has 0 aliphatic carbocycles. The van der Waals surface area contributed by atoms with Crippen LogP contribution in [-0.2, 0) is 57.8 Å². The lowest BCUT2D eigenvalue weighted by atomic mass is 10.1. The second-order valence-corrected chi connectivity index (χ2v) is 19.3. The molecule has 33 heteroatoms. The third-order valence-corrected chi connectivity index (χ3v) is 11.8. The van der Waals surface area contributed by atoms with E-state index in [1.807, 2.05) is 0 Å². The Bertz CT molecular complexity index is 2750. The zero-order valence-electron chi connectivity index (χ0n) is 38.0. The zero-order valence-corrected chi connectivity index (χ0v) is 39.8. The Morgan fingerprint density at radius 3 is 2.48 bits per heavy atom. The number of ether oxygens (including phenoxy) is 5. The molecule has 71 heavy (non-hydrogen) atoms. The lowest BCUT2D eigenvalue weighted by molar-refractivity contribution is -0.159. The Hall–Kier alpha value is -6.33. The first-order valence-corrected chi connectivity index (χ1v) is 24.4. The van der Waals surface area contributed by atoms with E-state index in [0.717, 1.165) is 10.9 Å². The number of fused-ring (bicyclic) bond motifs is 1. The van der Waals surface area contributed by atoms with E-state index < -0.39 is 107 Å². The van der Waals surface area contributed by atoms with E-state index in [-0.39, 0.29) is 67.3 Å². The molecule has 2 fully saturated rings. The van der Waals surface area contributed by atoms with Gasteiger partial charge in [0.1, 0.15) is 66.6 Å². The molecule has 4 aromatic rings. The predicted octanol–water partition coefficient (Wildman–Crippen LogP) is 2.25. The molecular formula is C38H51N13O18P2. The van der Waals surface area contributed by atoms with E-state index in [0.29, 0.717) is 5.56 Å². The molecule has 3 aromatic heterocycles. The first kappa shape index (κ1) is 54.0. The Kier molecular flexibility index (Phi) is 17.7. The number of phosphoric ester groups is 2. The van der Waals surface area contributed by atoms with Crippen molar-refractivity contribution in [1.29, 1.82) is 0 Å². The summed E-state index contributed by atoms with van der Waals surface area (Å²) >= 11 is 0. The number of benzene rings is 1. The largest absolute Gasteiger partial charge is 0.472 e. The van der Waals surface area contributed by atoms with Crippen LogP contribution in [0.4, 0.5) is 26.9 Å². The van der Waals surface area contributed by atoms with Crippen LogP contribution >= 0.6 is 15.6 Å². The summed E-state index contributed by atoms with van der Waals surface area (Å²) in [4.78, 5) is 100. The van der Waals surface area contributed by atoms with Gasteiger partial charge in [0.25, 0.3) is 0 Å². The van der Waals surface area contributed by atoms with Gasteiger partial charge in [0.15, 0.2) is 23.8 Å². The minimum Gasteiger partial charge on any atom is -0.455 e. The number of nitrogens with zero attached hydrogens (tertiary/aromatic N) is 9. The van der Waals surface area contributed by atoms with Gasteiger partial charge in [-0.15, -0.1) is 0 Å². The van der Waals surface area contributed by atoms with Gasteiger partial charge in [0.2, 0.25) is 0 Å². The molecule has 2 unspecified atom stereocenters. The van der Waals surface area contributed by atoms with Crippen LogP contribution in [0.15, 0.2) is 59.1 Å². The average Bonchev–Trinajstić information content (AvgIpc) is 3.98. The van der Waals surface area contributed by atoms with Crippen molar-refractivity contribution in [2.24, 2.45) is 5.11 Å². The molecule has 9 atom stereocenters. The van der Waals surface area contributed by atoms with Crippen molar-refractivity contribution in [3.05, 3.63) is 75.7 Å². The van der Waals surface area contributed by atoms with Crippen molar-refractivity contribution in [3.63, 3.8) is 0 Å². The Balaban J connectivity index is 1.16. The number of esters is 1. The number of phosphoric acid groups is 2. The van der Waals surface area contributed by atoms with Crippen LogP contribution in [0.3, 0.4) is 0 Å². The van der Waals surface area contributed by atoms with Crippen molar-refractivity contribution in [3.8, 4) is 0 Å². The van der Waals surface area contributed by atoms with Gasteiger partial charge in [0.05, 0.1) is 19.5 Å². The maximum Gasteiger partial charge on any atom is 0.472 e. The van der Waals surface area contributed by atoms with Gasteiger partial charge in [-0.1, -0.05) is 29.4 Å². The fourth-order valence-corrected chi connectivity index (χ4v) is 8.46. The first-order chi connectivity index (χ1) is 33.5. The first-order valence-electron chi connectivity index (χ1n) is 21.4. The quantitative estimate of drug-likeness (QED) is 0.0113. The molecule has 2 saturated heterocycles. The van der Waals surface area contributed by atoms with Crippen LogP contribution in [-0.4, -0.2) is 129 Å². The van der Waals surface area contributed by atoms with Crippen molar-refractivity contribution in [2.75, 3.05) is 31.2 Å². The third kappa shape index (κ3) is 15.1. The number of amides is 2. The number of aromatic nitrogens is 6. The van der Waals surface area contributed by atoms with E-state index in [2.05, 4.69) is 45.1 Å². The number of nitrogens with one attached hydrogen (secondary N) is 2. The van der Waals surface area contributed by atoms with Crippen molar-refractivity contribution in [2.45, 2.75) is 108 Å². The second-order valence-electron chi connectivity index (χ2n) is 16.7. The fourth-order valence-electron chi connectivity index (χ4n) is 7.15. The summed E-state index contributed by atoms with van der Waals surface area (Å²) in [6.45, 7) is 2.80. The van der Waals surface area contributed by atoms with Crippen molar-refractivity contribution in [1.82, 2.24) is 39.7 Å². The van der Waals surface area contributed by atoms with E-state index in [4.69, 9.17) is 49.7 Å². The molecule has 2 amide bonds. The van der Waals surface area contributed by atoms with Crippen LogP contribution in [0.1, 0.15) is 64.5 Å². The van der Waals surface area contributed by atoms with Gasteiger partial charge in [-0.05, 0) is 57.2 Å². The van der Waals surface area contributed by atoms with E-state index in [1.54, 1.807) is 45.0 Å². The summed E-state index contributed by atoms with van der Waals surface area (Å²) in [5.41, 5.74) is 19.4. The van der Waals surface area contributed by atoms with Crippen molar-refractivity contribution >= 4 is 62.3 Å². The average molecular weight is 1040 g/mol. The molecule has 2 aliphatic heterocycles. The lowest BCUT2D eigenvalue weighted by Crippen LogP contribution is -2.47. The number of alkyl carbamates (subject to hydrolysis) is 2. The van der Waals surface area contributed by atoms with Crippen LogP contribution in [0.2, 0.25) is 0 Å². The molecule has 0 spiro atoms. The highest BCUT2D eigenvalue weighted by atomic mass is 31.2. The van der Waals surface area contributed by atoms with Gasteiger partial charge in [-0.2, -0.15) is 4.98 Å². The number of aliphatic hydroxyl groups is 1. The fraction of sp³-hybridized carbons (Fsp3) is 0.526. The molecule has 1 aromatic carbocycles. The zero-order chi connectivity index (χ0) is 51.7. The molecule has 6 rings (SSSR count). The standard InChI is InChI=1S/C38H51N13O18P2/c1-38(2,3)68-37(56)46-22(10-6-7-12-42-36(55)62-15-20-8-4-5-9-21(20)48-49-41)34(53)67-30-25(66-33(29(30)52)51-19-45-28-31(40)43-18-44-32(28)51)17-64-71(60,61)69-23-14-27(50-13-11-26(39)47-35(50)54)65-24(23)16-63-70(57,58)59/h4-5,8-9,11,13,18-19,22-25,27,29-30,33,52H,6-7,10,12,14-17H2,1-3H3,(H,42,55)(H,46,56)(H,60,61)(H2,39,47,54)(H2,40,43,44)(H2,57,58,59)/t22?,23-,24-,25+,27+,29+,30+,33+/m0/s1. The number of hydrogen-bond donors (Lipinski definition) is 8. The Morgan fingerprint density at radius 1 is 1.01 bits per heavy atom. The molecule has 5 heterocycles. The third-order valence-electron chi connectivity index (χ3n) is 10.3. The number of rotatable bonds is 21. The number of nitrogens with two attached hydrogens (primary N) is 2. The maximum absolute atomic E-state index is 14.1. The highest BCUT2D eigenvalue weighted by Crippen LogP contribution is 2.50. The number of unbranched alkanes of at least 4 members (excludes halogenated alkanes) is 1. The molecule has 10 N–H and O–H groups in total. The van der Waals surface area contributed by atoms with Crippen molar-refractivity contribution < 1.29 is 80.6 Å². The minimum absolute atomic E-state index is 0.0289. The Labute approximate surface area is 401 Å². The number of azide groups is 1. The highest BCUT2D eigenvalue weighted by molar-refractivity contribution is 7.47. The maximum atomic E-state index is 14.1. The monoisotopic (exact) mass is 1040 g/mol. The summed E-state index contributed by atoms with van der Waals surface area (Å²) in [5, 5.41) is 20.4. The van der Waals surface area contributed by atoms with Gasteiger partial charge >= 0.3 is 39.5 Å². The summed E-state index contributed by atoms with van der Waals surface area (Å²) in [7, 11) is -10.4. The number of imidazole rings is 1. The molecule has 386 valence electrons. The smallest absolute Gasteiger partial charge is 0.455 e. The molecule has 0 radical (unpaired) electrons. The summed E-state index contributed by atoms with van der Waals surface area (Å²) in [5.74, 6) is -1.28. The number of nitrogen functional groups attached to an aromatic ring is 2. The molecule has 2 aliphatic rings. The molecule has 0 bridgehead atoms. The number of carbonyl (C=O) groups excluding carboxylic acids is 3. The number of hydrogen-bond acceptors (Lipinski definition) is 22. The normalized spacial score (nSPS) is 22.5. The van der Waals surface area contributed by atoms with Crippen LogP contribution in [0, 0.1) is 0 Å². The Morgan fingerprint density at radius 2 is 1.76 bits per heavy atom. The van der Waals surface area contributed by atoms with Crippen LogP contribution in [0.25, 0.3) is 21.6 Å². The molecule has 0 saturated carbocycles. The van der Waals surface area contributed by atoms with E-state index >= 15 is 0 Å². The second kappa shape index (κ2) is 23.3. The number of anilines is 2. The predicted molar refractivity (Wildman–Crippen MR) is 240 cm³/mol. The van der Waals surface area contributed by atoms with E-state index in [9.17, 15) is 48.1 Å².